The van der Waals surface area contributed by atoms with Crippen LogP contribution in [0.1, 0.15) is 0 Å². The van der Waals surface area contributed by atoms with Gasteiger partial charge in [0.05, 0.1) is 19.9 Å². The van der Waals surface area contributed by atoms with Crippen molar-refractivity contribution >= 4 is 11.6 Å². The quantitative estimate of drug-likeness (QED) is 0.501. The van der Waals surface area contributed by atoms with Crippen LogP contribution >= 0.6 is 0 Å². The first-order valence-electron chi connectivity index (χ1n) is 7.53. The molecule has 31 heavy (non-hydrogen) atoms. The van der Waals surface area contributed by atoms with Crippen molar-refractivity contribution in [2.24, 2.45) is 0 Å². The zero-order valence-corrected chi connectivity index (χ0v) is 15.1. The number of halogens is 12. The number of alkyl halides is 12. The second kappa shape index (κ2) is 8.18. The number of benzene rings is 1. The molecule has 0 aliphatic carbocycles. The Bertz CT molecular complexity index is 812. The van der Waals surface area contributed by atoms with Gasteiger partial charge in [-0.25, -0.2) is 8.78 Å². The molecule has 0 radical (unpaired) electrons. The van der Waals surface area contributed by atoms with Gasteiger partial charge in [0, 0.05) is 6.07 Å². The molecule has 1 aromatic carbocycles. The molecule has 0 aromatic heterocycles. The Hall–Kier alpha value is -2.55. The van der Waals surface area contributed by atoms with E-state index in [1.807, 2.05) is 0 Å². The lowest BCUT2D eigenvalue weighted by molar-refractivity contribution is -0.406. The second-order valence-corrected chi connectivity index (χ2v) is 5.74. The summed E-state index contributed by atoms with van der Waals surface area (Å²) in [4.78, 5) is 11.6. The lowest BCUT2D eigenvalue weighted by atomic mass is 9.94. The van der Waals surface area contributed by atoms with Gasteiger partial charge in [-0.05, 0) is 12.1 Å². The molecule has 16 heteroatoms. The van der Waals surface area contributed by atoms with Crippen molar-refractivity contribution in [3.05, 3.63) is 18.2 Å². The van der Waals surface area contributed by atoms with Gasteiger partial charge in [-0.2, -0.15) is 43.9 Å². The molecule has 1 amide bonds. The highest BCUT2D eigenvalue weighted by Crippen LogP contribution is 2.58. The molecule has 178 valence electrons. The van der Waals surface area contributed by atoms with Gasteiger partial charge >= 0.3 is 41.9 Å². The van der Waals surface area contributed by atoms with E-state index in [0.29, 0.717) is 6.07 Å². The molecule has 0 bridgehead atoms. The minimum absolute atomic E-state index is 0.209. The molecule has 1 N–H and O–H groups in total. The van der Waals surface area contributed by atoms with Crippen molar-refractivity contribution in [2.75, 3.05) is 19.5 Å². The molecular formula is C15H11F12NO3. The molecule has 1 aromatic rings. The van der Waals surface area contributed by atoms with E-state index in [1.54, 1.807) is 0 Å². The highest BCUT2D eigenvalue weighted by Gasteiger charge is 2.89. The van der Waals surface area contributed by atoms with E-state index < -0.39 is 53.4 Å². The highest BCUT2D eigenvalue weighted by atomic mass is 19.4. The third kappa shape index (κ3) is 4.03. The number of amides is 1. The van der Waals surface area contributed by atoms with Gasteiger partial charge in [0.2, 0.25) is 0 Å². The Morgan fingerprint density at radius 3 is 1.77 bits per heavy atom. The minimum atomic E-state index is -7.81. The zero-order chi connectivity index (χ0) is 24.6. The smallest absolute Gasteiger partial charge is 0.393 e. The molecular weight excluding hydrogens is 470 g/mol. The number of carbonyl (C=O) groups is 1. The van der Waals surface area contributed by atoms with Crippen LogP contribution in [0.15, 0.2) is 18.2 Å². The lowest BCUT2D eigenvalue weighted by Gasteiger charge is -2.38. The fourth-order valence-corrected chi connectivity index (χ4v) is 2.00. The topological polar surface area (TPSA) is 47.6 Å². The Morgan fingerprint density at radius 2 is 1.35 bits per heavy atom. The molecule has 0 spiro atoms. The third-order valence-electron chi connectivity index (χ3n) is 3.82. The first-order valence-corrected chi connectivity index (χ1v) is 7.53. The average molecular weight is 481 g/mol. The van der Waals surface area contributed by atoms with E-state index in [0.717, 1.165) is 31.7 Å². The molecule has 0 saturated heterocycles. The molecule has 0 aliphatic rings. The predicted molar refractivity (Wildman–Crippen MR) is 78.9 cm³/mol. The van der Waals surface area contributed by atoms with Crippen LogP contribution in [0.25, 0.3) is 0 Å². The number of anilines is 1. The Labute approximate surface area is 165 Å². The van der Waals surface area contributed by atoms with Gasteiger partial charge in [-0.1, -0.05) is 0 Å². The molecule has 0 atom stereocenters. The number of ether oxygens (including phenoxy) is 2. The van der Waals surface area contributed by atoms with Gasteiger partial charge in [0.25, 0.3) is 0 Å². The average Bonchev–Trinajstić information content (AvgIpc) is 2.66. The number of rotatable bonds is 9. The Morgan fingerprint density at radius 1 is 0.839 bits per heavy atom. The SMILES string of the molecule is COc1ccc(OC)c(NC(=O)C(F)(F)C(F)(F)C(F)(F)C(F)(F)C(F)(F)C(F)F)c1. The Kier molecular flexibility index (Phi) is 6.99. The maximum atomic E-state index is 13.8. The van der Waals surface area contributed by atoms with E-state index in [4.69, 9.17) is 0 Å². The molecule has 0 heterocycles. The van der Waals surface area contributed by atoms with Crippen LogP contribution in [0, 0.1) is 0 Å². The van der Waals surface area contributed by atoms with Gasteiger partial charge in [0.15, 0.2) is 0 Å². The molecule has 4 nitrogen and oxygen atoms in total. The summed E-state index contributed by atoms with van der Waals surface area (Å²) in [6, 6.07) is 2.71. The first kappa shape index (κ1) is 26.5. The first-order chi connectivity index (χ1) is 13.8. The van der Waals surface area contributed by atoms with Crippen molar-refractivity contribution < 1.29 is 67.0 Å². The molecule has 0 unspecified atom stereocenters. The summed E-state index contributed by atoms with van der Waals surface area (Å²) < 4.78 is 167. The number of carbonyl (C=O) groups excluding carboxylic acids is 1. The maximum absolute atomic E-state index is 13.8. The van der Waals surface area contributed by atoms with Crippen molar-refractivity contribution in [3.63, 3.8) is 0 Å². The standard InChI is InChI=1S/C15H11F12NO3/c1-30-6-3-4-8(31-2)7(5-6)28-10(29)12(20,21)14(24,25)15(26,27)13(22,23)11(18,19)9(16)17/h3-5,9H,1-2H3,(H,28,29). The maximum Gasteiger partial charge on any atom is 0.393 e. The van der Waals surface area contributed by atoms with Crippen LogP contribution in [0.4, 0.5) is 58.4 Å². The minimum Gasteiger partial charge on any atom is -0.497 e. The van der Waals surface area contributed by atoms with E-state index >= 15 is 0 Å². The molecule has 0 aliphatic heterocycles. The van der Waals surface area contributed by atoms with Crippen LogP contribution < -0.4 is 14.8 Å². The summed E-state index contributed by atoms with van der Waals surface area (Å²) in [6.45, 7) is 0. The van der Waals surface area contributed by atoms with Crippen molar-refractivity contribution in [2.45, 2.75) is 36.0 Å². The zero-order valence-electron chi connectivity index (χ0n) is 15.1. The van der Waals surface area contributed by atoms with Crippen LogP contribution in [0.5, 0.6) is 11.5 Å². The normalized spacial score (nSPS) is 13.9. The number of hydrogen-bond acceptors (Lipinski definition) is 3. The van der Waals surface area contributed by atoms with Crippen molar-refractivity contribution in [3.8, 4) is 11.5 Å². The van der Waals surface area contributed by atoms with Crippen molar-refractivity contribution in [1.82, 2.24) is 0 Å². The van der Waals surface area contributed by atoms with E-state index in [-0.39, 0.29) is 5.75 Å². The van der Waals surface area contributed by atoms with Crippen LogP contribution in [0.3, 0.4) is 0 Å². The Balaban J connectivity index is 3.43. The van der Waals surface area contributed by atoms with Crippen LogP contribution in [-0.4, -0.2) is 56.2 Å². The fraction of sp³-hybridized carbons (Fsp3) is 0.533. The van der Waals surface area contributed by atoms with E-state index in [1.165, 1.54) is 0 Å². The summed E-state index contributed by atoms with van der Waals surface area (Å²) in [5.41, 5.74) is -0.893. The largest absolute Gasteiger partial charge is 0.497 e. The van der Waals surface area contributed by atoms with Gasteiger partial charge < -0.3 is 14.8 Å². The lowest BCUT2D eigenvalue weighted by Crippen LogP contribution is -2.70. The van der Waals surface area contributed by atoms with Crippen LogP contribution in [0.2, 0.25) is 0 Å². The van der Waals surface area contributed by atoms with Gasteiger partial charge in [0.1, 0.15) is 11.5 Å². The summed E-state index contributed by atoms with van der Waals surface area (Å²) in [5.74, 6) is -41.1. The number of hydrogen-bond donors (Lipinski definition) is 1. The molecule has 1 rings (SSSR count). The summed E-state index contributed by atoms with van der Waals surface area (Å²) in [6.07, 6.45) is -5.63. The van der Waals surface area contributed by atoms with Crippen LogP contribution in [-0.2, 0) is 4.79 Å². The number of methoxy groups -OCH3 is 2. The second-order valence-electron chi connectivity index (χ2n) is 5.74. The van der Waals surface area contributed by atoms with E-state index in [9.17, 15) is 57.5 Å². The predicted octanol–water partition coefficient (Wildman–Crippen LogP) is 5.08. The fourth-order valence-electron chi connectivity index (χ4n) is 2.00. The molecule has 0 saturated carbocycles. The van der Waals surface area contributed by atoms with Gasteiger partial charge in [-0.3, -0.25) is 4.79 Å². The summed E-state index contributed by atoms with van der Waals surface area (Å²) in [7, 11) is 1.92. The number of nitrogens with one attached hydrogen (secondary N) is 1. The summed E-state index contributed by atoms with van der Waals surface area (Å²) in [5, 5.41) is 0.980. The van der Waals surface area contributed by atoms with Gasteiger partial charge in [-0.15, -0.1) is 0 Å². The third-order valence-corrected chi connectivity index (χ3v) is 3.82. The highest BCUT2D eigenvalue weighted by molar-refractivity contribution is 5.98. The molecule has 0 fully saturated rings. The monoisotopic (exact) mass is 481 g/mol. The van der Waals surface area contributed by atoms with E-state index in [2.05, 4.69) is 9.47 Å². The summed E-state index contributed by atoms with van der Waals surface area (Å²) >= 11 is 0. The van der Waals surface area contributed by atoms with Crippen molar-refractivity contribution in [1.29, 1.82) is 0 Å².